The van der Waals surface area contributed by atoms with E-state index in [1.165, 1.54) is 18.2 Å². The molecule has 0 aliphatic rings. The van der Waals surface area contributed by atoms with E-state index in [1.54, 1.807) is 6.92 Å². The minimum Gasteiger partial charge on any atom is -0.611 e. The molecule has 0 radical (unpaired) electrons. The zero-order chi connectivity index (χ0) is 17.4. The number of benzene rings is 1. The Morgan fingerprint density at radius 3 is 2.70 bits per heavy atom. The highest BCUT2D eigenvalue weighted by Crippen LogP contribution is 2.28. The SMILES string of the molecule is CCC[S+]([O-])c1ccc(NC(=S)NC(=O)OCC)c([N+](=O)[O-])c1. The van der Waals surface area contributed by atoms with Crippen molar-refractivity contribution >= 4 is 46.0 Å². The summed E-state index contributed by atoms with van der Waals surface area (Å²) >= 11 is 3.60. The number of alkyl carbamates (subject to hydrolysis) is 1. The third-order valence-corrected chi connectivity index (χ3v) is 4.32. The van der Waals surface area contributed by atoms with Crippen LogP contribution in [0.3, 0.4) is 0 Å². The van der Waals surface area contributed by atoms with Gasteiger partial charge in [-0.1, -0.05) is 6.92 Å². The molecule has 8 nitrogen and oxygen atoms in total. The number of thiocarbonyl (C=S) groups is 1. The van der Waals surface area contributed by atoms with Crippen molar-refractivity contribution in [3.05, 3.63) is 28.3 Å². The van der Waals surface area contributed by atoms with Gasteiger partial charge in [-0.25, -0.2) is 4.79 Å². The lowest BCUT2D eigenvalue weighted by atomic mass is 10.2. The van der Waals surface area contributed by atoms with Crippen molar-refractivity contribution in [1.29, 1.82) is 0 Å². The molecule has 1 rings (SSSR count). The fraction of sp³-hybridized carbons (Fsp3) is 0.385. The van der Waals surface area contributed by atoms with E-state index in [4.69, 9.17) is 12.2 Å². The fourth-order valence-corrected chi connectivity index (χ4v) is 2.89. The van der Waals surface area contributed by atoms with Gasteiger partial charge < -0.3 is 14.6 Å². The number of carbonyl (C=O) groups excluding carboxylic acids is 1. The Morgan fingerprint density at radius 1 is 1.43 bits per heavy atom. The molecule has 0 aromatic heterocycles. The molecule has 2 N–H and O–H groups in total. The molecule has 0 saturated heterocycles. The van der Waals surface area contributed by atoms with Crippen LogP contribution in [0, 0.1) is 10.1 Å². The zero-order valence-corrected chi connectivity index (χ0v) is 14.3. The normalized spacial score (nSPS) is 11.4. The molecule has 23 heavy (non-hydrogen) atoms. The molecule has 0 aliphatic carbocycles. The van der Waals surface area contributed by atoms with Crippen molar-refractivity contribution < 1.29 is 19.0 Å². The van der Waals surface area contributed by atoms with Crippen molar-refractivity contribution in [3.8, 4) is 0 Å². The van der Waals surface area contributed by atoms with Gasteiger partial charge in [-0.2, -0.15) is 0 Å². The van der Waals surface area contributed by atoms with Crippen molar-refractivity contribution in [2.45, 2.75) is 25.2 Å². The van der Waals surface area contributed by atoms with Crippen LogP contribution in [0.25, 0.3) is 0 Å². The molecule has 0 fully saturated rings. The standard InChI is InChI=1S/C13H17N3O5S2/c1-3-7-23(20)9-5-6-10(11(8-9)16(18)19)14-12(22)15-13(17)21-4-2/h5-6,8H,3-4,7H2,1-2H3,(H2,14,15,17,22). The lowest BCUT2D eigenvalue weighted by Gasteiger charge is -2.12. The first-order chi connectivity index (χ1) is 10.9. The van der Waals surface area contributed by atoms with Crippen molar-refractivity contribution in [2.24, 2.45) is 0 Å². The molecule has 1 aromatic carbocycles. The highest BCUT2D eigenvalue weighted by molar-refractivity contribution is 7.91. The average Bonchev–Trinajstić information content (AvgIpc) is 2.47. The quantitative estimate of drug-likeness (QED) is 0.347. The molecule has 0 bridgehead atoms. The van der Waals surface area contributed by atoms with E-state index in [0.717, 1.165) is 0 Å². The Labute approximate surface area is 141 Å². The number of nitro groups is 1. The van der Waals surface area contributed by atoms with Crippen LogP contribution in [0.4, 0.5) is 16.2 Å². The summed E-state index contributed by atoms with van der Waals surface area (Å²) in [5, 5.41) is 15.8. The van der Waals surface area contributed by atoms with Gasteiger partial charge in [0.1, 0.15) is 11.4 Å². The number of anilines is 1. The van der Waals surface area contributed by atoms with Gasteiger partial charge in [-0.05, 0) is 48.9 Å². The Bertz CT molecular complexity index is 597. The molecule has 0 heterocycles. The maximum absolute atomic E-state index is 11.9. The minimum atomic E-state index is -1.30. The topological polar surface area (TPSA) is 117 Å². The van der Waals surface area contributed by atoms with Crippen molar-refractivity contribution in [2.75, 3.05) is 17.7 Å². The maximum Gasteiger partial charge on any atom is 0.413 e. The number of nitrogens with one attached hydrogen (secondary N) is 2. The molecule has 1 aromatic rings. The zero-order valence-electron chi connectivity index (χ0n) is 12.7. The second-order valence-electron chi connectivity index (χ2n) is 4.29. The predicted octanol–water partition coefficient (Wildman–Crippen LogP) is 2.56. The lowest BCUT2D eigenvalue weighted by molar-refractivity contribution is -0.384. The summed E-state index contributed by atoms with van der Waals surface area (Å²) in [6.07, 6.45) is -0.0538. The van der Waals surface area contributed by atoms with Gasteiger partial charge in [0, 0.05) is 0 Å². The first-order valence-corrected chi connectivity index (χ1v) is 8.53. The van der Waals surface area contributed by atoms with E-state index in [-0.39, 0.29) is 23.1 Å². The molecular weight excluding hydrogens is 342 g/mol. The summed E-state index contributed by atoms with van der Waals surface area (Å²) in [6.45, 7) is 3.68. The van der Waals surface area contributed by atoms with Crippen LogP contribution in [0.5, 0.6) is 0 Å². The second kappa shape index (κ2) is 9.28. The number of ether oxygens (including phenoxy) is 1. The monoisotopic (exact) mass is 359 g/mol. The number of nitro benzene ring substituents is 1. The molecule has 0 aliphatic heterocycles. The van der Waals surface area contributed by atoms with Gasteiger partial charge in [0.05, 0.1) is 17.6 Å². The van der Waals surface area contributed by atoms with Crippen LogP contribution in [0.2, 0.25) is 0 Å². The highest BCUT2D eigenvalue weighted by Gasteiger charge is 2.21. The van der Waals surface area contributed by atoms with Crippen LogP contribution in [-0.4, -0.2) is 33.0 Å². The molecule has 1 amide bonds. The van der Waals surface area contributed by atoms with E-state index in [1.807, 2.05) is 6.92 Å². The molecule has 0 spiro atoms. The van der Waals surface area contributed by atoms with E-state index >= 15 is 0 Å². The maximum atomic E-state index is 11.9. The van der Waals surface area contributed by atoms with E-state index in [2.05, 4.69) is 15.4 Å². The molecule has 1 atom stereocenters. The number of amides is 1. The largest absolute Gasteiger partial charge is 0.611 e. The Kier molecular flexibility index (Phi) is 7.72. The summed E-state index contributed by atoms with van der Waals surface area (Å²) in [7, 11) is 0. The number of hydrogen-bond acceptors (Lipinski definition) is 6. The summed E-state index contributed by atoms with van der Waals surface area (Å²) in [6, 6.07) is 4.16. The van der Waals surface area contributed by atoms with Crippen LogP contribution < -0.4 is 10.6 Å². The number of rotatable bonds is 6. The molecule has 1 unspecified atom stereocenters. The Balaban J connectivity index is 2.92. The van der Waals surface area contributed by atoms with Crippen molar-refractivity contribution in [1.82, 2.24) is 5.32 Å². The lowest BCUT2D eigenvalue weighted by Crippen LogP contribution is -2.34. The third-order valence-electron chi connectivity index (χ3n) is 2.56. The first-order valence-electron chi connectivity index (χ1n) is 6.80. The van der Waals surface area contributed by atoms with E-state index < -0.39 is 22.2 Å². The van der Waals surface area contributed by atoms with Gasteiger partial charge in [0.25, 0.3) is 5.69 Å². The van der Waals surface area contributed by atoms with Gasteiger partial charge >= 0.3 is 6.09 Å². The van der Waals surface area contributed by atoms with E-state index in [9.17, 15) is 19.5 Å². The summed E-state index contributed by atoms with van der Waals surface area (Å²) in [5.74, 6) is 0.423. The van der Waals surface area contributed by atoms with E-state index in [0.29, 0.717) is 17.1 Å². The Morgan fingerprint density at radius 2 is 2.13 bits per heavy atom. The van der Waals surface area contributed by atoms with Gasteiger partial charge in [0.15, 0.2) is 10.0 Å². The van der Waals surface area contributed by atoms with Crippen LogP contribution in [-0.2, 0) is 15.9 Å². The fourth-order valence-electron chi connectivity index (χ4n) is 1.63. The number of hydrogen-bond donors (Lipinski definition) is 2. The molecular formula is C13H17N3O5S2. The van der Waals surface area contributed by atoms with Gasteiger partial charge in [-0.15, -0.1) is 0 Å². The second-order valence-corrected chi connectivity index (χ2v) is 6.26. The van der Waals surface area contributed by atoms with Gasteiger partial charge in [-0.3, -0.25) is 15.4 Å². The third kappa shape index (κ3) is 6.00. The summed E-state index contributed by atoms with van der Waals surface area (Å²) < 4.78 is 16.6. The average molecular weight is 359 g/mol. The molecule has 10 heteroatoms. The molecule has 126 valence electrons. The van der Waals surface area contributed by atoms with Crippen molar-refractivity contribution in [3.63, 3.8) is 0 Å². The number of nitrogens with zero attached hydrogens (tertiary/aromatic N) is 1. The summed E-state index contributed by atoms with van der Waals surface area (Å²) in [5.41, 5.74) is -0.186. The predicted molar refractivity (Wildman–Crippen MR) is 91.0 cm³/mol. The smallest absolute Gasteiger partial charge is 0.413 e. The molecule has 0 saturated carbocycles. The van der Waals surface area contributed by atoms with Gasteiger partial charge in [0.2, 0.25) is 0 Å². The summed E-state index contributed by atoms with van der Waals surface area (Å²) in [4.78, 5) is 22.2. The Hall–Kier alpha value is -1.91. The first kappa shape index (κ1) is 19.1. The minimum absolute atomic E-state index is 0.0917. The number of carbonyl (C=O) groups is 1. The van der Waals surface area contributed by atoms with Crippen LogP contribution in [0.1, 0.15) is 20.3 Å². The highest BCUT2D eigenvalue weighted by atomic mass is 32.2. The van der Waals surface area contributed by atoms with Crippen LogP contribution >= 0.6 is 12.2 Å². The van der Waals surface area contributed by atoms with Crippen LogP contribution in [0.15, 0.2) is 23.1 Å².